The first-order chi connectivity index (χ1) is 74.0. The smallest absolute Gasteiger partial charge is 0.264 e. The molecule has 22 aromatic carbocycles. The standard InChI is InChI=1S/C60H34N4O2.2C36H18N4O2/c65-59-47-26-14-24-44-41(27-29-46(54(44)47)58-62-56-50(38-21-11-4-12-22-38)32-40(34-52(56)64(58)59)36-17-7-2-8-18-36)42-28-30-48-53-43(42)23-13-25-45(53)57-61-55-49(37-19-9-3-10-20-37)31-39(35-15-5-1-6-16-35)33-51(55)63(57)60(48)66;41-35-25-9-5-7-21-19(15-17-23(31(21)25)33-37-27-11-1-3-13-29(27)39(33)35)20-16-18-24-32-22(20)8-6-10-26(32)36(42)40-30-14-4-2-12-28(30)38-34(24)40;41-35-25-17-15-19(21-7-5-9-23(31(21)25)33-37-27-11-1-3-13-29(27)39(33)35)20-16-18-26-32-22(20)8-6-10-24(32)34-38-28-12-2-4-14-30(28)40(34)36(26)42/h1-34H;2*1-18H. The minimum Gasteiger partial charge on any atom is -0.268 e. The van der Waals surface area contributed by atoms with Gasteiger partial charge in [0, 0.05) is 108 Å². The summed E-state index contributed by atoms with van der Waals surface area (Å²) in [5.74, 6) is 0. The van der Waals surface area contributed by atoms with Crippen LogP contribution in [0.25, 0.3) is 307 Å². The summed E-state index contributed by atoms with van der Waals surface area (Å²) in [4.78, 5) is 116. The molecular formula is C132H70N12O6. The Morgan fingerprint density at radius 3 is 0.587 bits per heavy atom. The van der Waals surface area contributed by atoms with Crippen LogP contribution in [-0.2, 0) is 0 Å². The Morgan fingerprint density at radius 2 is 0.327 bits per heavy atom. The van der Waals surface area contributed by atoms with Crippen molar-refractivity contribution in [2.75, 3.05) is 0 Å². The van der Waals surface area contributed by atoms with Crippen molar-refractivity contribution in [3.63, 3.8) is 0 Å². The molecule has 0 spiro atoms. The van der Waals surface area contributed by atoms with Crippen molar-refractivity contribution in [2.24, 2.45) is 0 Å². The lowest BCUT2D eigenvalue weighted by atomic mass is 9.90. The minimum atomic E-state index is -0.112. The molecule has 18 heteroatoms. The number of pyridine rings is 6. The quantitative estimate of drug-likeness (QED) is 0.146. The minimum absolute atomic E-state index is 0.0738. The van der Waals surface area contributed by atoms with E-state index in [1.807, 2.05) is 261 Å². The molecule has 0 saturated heterocycles. The van der Waals surface area contributed by atoms with Gasteiger partial charge in [0.15, 0.2) is 0 Å². The SMILES string of the molecule is O=c1c2ccc(-c3ccc4c(=O)n5c6ccccc6nc5c5cccc3c45)c3cccc(c32)c2nc3ccccc3n12.O=c1c2ccc(-c3ccc4c5c3cccc5c(=O)n3c5cc(-c6ccccc6)cc(-c6ccccc6)c5nc43)c3cccc(c32)c2nc3c(-c4ccccc4)cc(-c4ccccc4)cc3n12.O=c1c2cccc3c(-c4ccc5c6c4cccc6c(=O)n4c6ccccc6nc54)ccc(c32)c2nc3ccccc3n12. The topological polar surface area (TPSA) is 206 Å². The van der Waals surface area contributed by atoms with Gasteiger partial charge >= 0.3 is 0 Å². The molecule has 0 unspecified atom stereocenters. The normalized spacial score (nSPS) is 12.3. The van der Waals surface area contributed by atoms with Crippen molar-refractivity contribution in [2.45, 2.75) is 0 Å². The first-order valence-corrected chi connectivity index (χ1v) is 49.9. The maximum atomic E-state index is 15.0. The molecule has 0 amide bonds. The Bertz CT molecular complexity index is 11400. The molecule has 18 nitrogen and oxygen atoms in total. The zero-order chi connectivity index (χ0) is 99.0. The molecule has 0 atom stereocenters. The molecule has 0 radical (unpaired) electrons. The lowest BCUT2D eigenvalue weighted by Gasteiger charge is -2.15. The predicted molar refractivity (Wildman–Crippen MR) is 610 cm³/mol. The van der Waals surface area contributed by atoms with Crippen LogP contribution >= 0.6 is 0 Å². The number of rotatable bonds is 7. The molecule has 0 aliphatic rings. The van der Waals surface area contributed by atoms with E-state index in [4.69, 9.17) is 29.9 Å². The number of imidazole rings is 6. The third-order valence-electron chi connectivity index (χ3n) is 31.3. The number of aromatic nitrogens is 12. The number of benzene rings is 22. The van der Waals surface area contributed by atoms with E-state index in [9.17, 15) is 28.8 Å². The summed E-state index contributed by atoms with van der Waals surface area (Å²) in [6.07, 6.45) is 0. The highest BCUT2D eigenvalue weighted by Crippen LogP contribution is 2.49. The lowest BCUT2D eigenvalue weighted by molar-refractivity contribution is 1.19. The number of nitrogens with zero attached hydrogens (tertiary/aromatic N) is 12. The maximum Gasteiger partial charge on any atom is 0.264 e. The van der Waals surface area contributed by atoms with Gasteiger partial charge in [-0.2, -0.15) is 0 Å². The first kappa shape index (κ1) is 82.8. The van der Waals surface area contributed by atoms with Crippen LogP contribution in [0.1, 0.15) is 0 Å². The fraction of sp³-hybridized carbons (Fsp3) is 0. The summed E-state index contributed by atoms with van der Waals surface area (Å²) in [5, 5.41) is 20.6. The third kappa shape index (κ3) is 11.4. The number of para-hydroxylation sites is 8. The summed E-state index contributed by atoms with van der Waals surface area (Å²) >= 11 is 0. The van der Waals surface area contributed by atoms with Crippen LogP contribution in [0, 0.1) is 0 Å². The van der Waals surface area contributed by atoms with Crippen LogP contribution in [0.4, 0.5) is 0 Å². The lowest BCUT2D eigenvalue weighted by Crippen LogP contribution is -2.13. The summed E-state index contributed by atoms with van der Waals surface area (Å²) in [7, 11) is 0. The first-order valence-electron chi connectivity index (χ1n) is 49.9. The van der Waals surface area contributed by atoms with E-state index in [1.165, 1.54) is 0 Å². The molecule has 0 N–H and O–H groups in total. The largest absolute Gasteiger partial charge is 0.268 e. The van der Waals surface area contributed by atoms with E-state index in [-0.39, 0.29) is 33.4 Å². The van der Waals surface area contributed by atoms with Gasteiger partial charge in [0.2, 0.25) is 0 Å². The monoisotopic (exact) mass is 1920 g/mol. The Balaban J connectivity index is 0.000000103. The maximum absolute atomic E-state index is 15.0. The number of hydrogen-bond donors (Lipinski definition) is 0. The van der Waals surface area contributed by atoms with Gasteiger partial charge in [-0.3, -0.25) is 55.2 Å². The van der Waals surface area contributed by atoms with Crippen molar-refractivity contribution in [3.05, 3.63) is 487 Å². The van der Waals surface area contributed by atoms with Gasteiger partial charge in [-0.25, -0.2) is 29.9 Å². The van der Waals surface area contributed by atoms with E-state index < -0.39 is 0 Å². The summed E-state index contributed by atoms with van der Waals surface area (Å²) in [6, 6.07) is 142. The highest BCUT2D eigenvalue weighted by atomic mass is 16.2. The molecule has 150 heavy (non-hydrogen) atoms. The van der Waals surface area contributed by atoms with E-state index in [2.05, 4.69) is 164 Å². The van der Waals surface area contributed by atoms with Crippen LogP contribution < -0.4 is 33.4 Å². The molecule has 694 valence electrons. The van der Waals surface area contributed by atoms with Gasteiger partial charge in [0.05, 0.1) is 66.2 Å². The average molecular weight is 1920 g/mol. The van der Waals surface area contributed by atoms with E-state index in [0.29, 0.717) is 66.2 Å². The van der Waals surface area contributed by atoms with Gasteiger partial charge in [-0.1, -0.05) is 297 Å². The molecule has 0 aliphatic heterocycles. The summed E-state index contributed by atoms with van der Waals surface area (Å²) in [6.45, 7) is 0. The molecule has 34 rings (SSSR count). The predicted octanol–water partition coefficient (Wildman–Crippen LogP) is 28.2. The second-order valence-corrected chi connectivity index (χ2v) is 39.0. The molecule has 0 saturated carbocycles. The molecular weight excluding hydrogens is 1850 g/mol. The average Bonchev–Trinajstić information content (AvgIpc) is 1.42. The highest BCUT2D eigenvalue weighted by molar-refractivity contribution is 6.29. The Labute approximate surface area is 844 Å². The van der Waals surface area contributed by atoms with Crippen molar-refractivity contribution in [3.8, 4) is 77.9 Å². The summed E-state index contributed by atoms with van der Waals surface area (Å²) in [5.41, 5.74) is 27.0. The van der Waals surface area contributed by atoms with Crippen LogP contribution in [0.5, 0.6) is 0 Å². The van der Waals surface area contributed by atoms with Crippen LogP contribution in [0.2, 0.25) is 0 Å². The Morgan fingerprint density at radius 1 is 0.133 bits per heavy atom. The van der Waals surface area contributed by atoms with Crippen molar-refractivity contribution in [1.29, 1.82) is 0 Å². The van der Waals surface area contributed by atoms with Gasteiger partial charge in [0.25, 0.3) is 33.4 Å². The van der Waals surface area contributed by atoms with Crippen LogP contribution in [0.15, 0.2) is 453 Å². The van der Waals surface area contributed by atoms with Crippen molar-refractivity contribution < 1.29 is 0 Å². The van der Waals surface area contributed by atoms with Crippen LogP contribution in [0.3, 0.4) is 0 Å². The highest BCUT2D eigenvalue weighted by Gasteiger charge is 2.30. The van der Waals surface area contributed by atoms with Gasteiger partial charge in [-0.05, 0) is 226 Å². The fourth-order valence-electron chi connectivity index (χ4n) is 24.8. The van der Waals surface area contributed by atoms with Crippen molar-refractivity contribution in [1.82, 2.24) is 56.3 Å². The van der Waals surface area contributed by atoms with E-state index in [0.717, 1.165) is 241 Å². The zero-order valence-corrected chi connectivity index (χ0v) is 79.2. The Hall–Kier alpha value is -20.8. The van der Waals surface area contributed by atoms with Crippen molar-refractivity contribution >= 4 is 229 Å². The fourth-order valence-corrected chi connectivity index (χ4v) is 24.8. The molecule has 12 heterocycles. The molecule has 0 bridgehead atoms. The molecule has 0 aliphatic carbocycles. The zero-order valence-electron chi connectivity index (χ0n) is 79.2. The van der Waals surface area contributed by atoms with Crippen LogP contribution in [-0.4, -0.2) is 56.3 Å². The number of fused-ring (bicyclic) bond motifs is 24. The van der Waals surface area contributed by atoms with Gasteiger partial charge in [0.1, 0.15) is 33.9 Å². The van der Waals surface area contributed by atoms with E-state index >= 15 is 0 Å². The molecule has 34 aromatic rings. The van der Waals surface area contributed by atoms with Gasteiger partial charge in [-0.15, -0.1) is 0 Å². The third-order valence-corrected chi connectivity index (χ3v) is 31.3. The second kappa shape index (κ2) is 30.9. The van der Waals surface area contributed by atoms with Gasteiger partial charge < -0.3 is 0 Å². The molecule has 0 fully saturated rings. The summed E-state index contributed by atoms with van der Waals surface area (Å²) < 4.78 is 10.5. The van der Waals surface area contributed by atoms with E-state index in [1.54, 1.807) is 26.4 Å². The number of hydrogen-bond acceptors (Lipinski definition) is 12. The Kier molecular flexibility index (Phi) is 17.0. The molecule has 12 aromatic heterocycles. The second-order valence-electron chi connectivity index (χ2n) is 39.0.